The SMILES string of the molecule is CN(Cc1csc(Br)c1)C(=O)N1CC(C)(OCC(=O)O)C1. The molecule has 1 aromatic rings. The summed E-state index contributed by atoms with van der Waals surface area (Å²) in [6, 6.07) is 1.92. The maximum absolute atomic E-state index is 12.2. The largest absolute Gasteiger partial charge is 0.480 e. The fraction of sp³-hybridized carbons (Fsp3) is 0.538. The molecular formula is C13H17BrN2O4S. The van der Waals surface area contributed by atoms with E-state index < -0.39 is 11.6 Å². The number of carboxylic acid groups (broad SMARTS) is 1. The second kappa shape index (κ2) is 6.33. The van der Waals surface area contributed by atoms with Crippen molar-refractivity contribution in [3.05, 3.63) is 20.8 Å². The lowest BCUT2D eigenvalue weighted by molar-refractivity contribution is -0.160. The number of nitrogens with zero attached hydrogens (tertiary/aromatic N) is 2. The first-order valence-electron chi connectivity index (χ1n) is 6.38. The molecule has 0 spiro atoms. The Hall–Kier alpha value is -1.12. The van der Waals surface area contributed by atoms with Crippen LogP contribution in [0.3, 0.4) is 0 Å². The van der Waals surface area contributed by atoms with Crippen LogP contribution in [0.4, 0.5) is 4.79 Å². The van der Waals surface area contributed by atoms with E-state index >= 15 is 0 Å². The Labute approximate surface area is 135 Å². The van der Waals surface area contributed by atoms with E-state index in [1.54, 1.807) is 28.2 Å². The van der Waals surface area contributed by atoms with Gasteiger partial charge in [0, 0.05) is 13.6 Å². The van der Waals surface area contributed by atoms with E-state index in [-0.39, 0.29) is 12.6 Å². The maximum atomic E-state index is 12.2. The van der Waals surface area contributed by atoms with E-state index in [1.165, 1.54) is 0 Å². The number of carbonyl (C=O) groups excluding carboxylic acids is 1. The fourth-order valence-electron chi connectivity index (χ4n) is 2.24. The van der Waals surface area contributed by atoms with E-state index in [2.05, 4.69) is 15.9 Å². The molecule has 0 radical (unpaired) electrons. The van der Waals surface area contributed by atoms with Crippen LogP contribution in [0.1, 0.15) is 12.5 Å². The van der Waals surface area contributed by atoms with Gasteiger partial charge in [0.15, 0.2) is 0 Å². The number of halogens is 1. The Bertz CT molecular complexity index is 542. The highest BCUT2D eigenvalue weighted by Crippen LogP contribution is 2.26. The predicted octanol–water partition coefficient (Wildman–Crippen LogP) is 2.24. The number of urea groups is 1. The lowest BCUT2D eigenvalue weighted by Gasteiger charge is -2.48. The number of hydrogen-bond donors (Lipinski definition) is 1. The van der Waals surface area contributed by atoms with Gasteiger partial charge in [0.05, 0.1) is 16.9 Å². The maximum Gasteiger partial charge on any atom is 0.329 e. The normalized spacial score (nSPS) is 16.4. The number of aliphatic carboxylic acids is 1. The second-order valence-corrected chi connectivity index (χ2v) is 7.68. The summed E-state index contributed by atoms with van der Waals surface area (Å²) < 4.78 is 6.33. The molecule has 2 rings (SSSR count). The summed E-state index contributed by atoms with van der Waals surface area (Å²) in [4.78, 5) is 26.0. The summed E-state index contributed by atoms with van der Waals surface area (Å²) in [5, 5.41) is 10.6. The molecule has 2 heterocycles. The molecule has 1 fully saturated rings. The lowest BCUT2D eigenvalue weighted by atomic mass is 9.97. The molecule has 1 aromatic heterocycles. The van der Waals surface area contributed by atoms with Crippen LogP contribution < -0.4 is 0 Å². The van der Waals surface area contributed by atoms with Crippen molar-refractivity contribution in [2.45, 2.75) is 19.1 Å². The van der Waals surface area contributed by atoms with Crippen LogP contribution in [0.25, 0.3) is 0 Å². The summed E-state index contributed by atoms with van der Waals surface area (Å²) in [7, 11) is 1.75. The second-order valence-electron chi connectivity index (χ2n) is 5.39. The van der Waals surface area contributed by atoms with Gasteiger partial charge in [0.1, 0.15) is 12.2 Å². The van der Waals surface area contributed by atoms with Crippen molar-refractivity contribution in [3.63, 3.8) is 0 Å². The monoisotopic (exact) mass is 376 g/mol. The van der Waals surface area contributed by atoms with Gasteiger partial charge in [-0.25, -0.2) is 9.59 Å². The average molecular weight is 377 g/mol. The van der Waals surface area contributed by atoms with Crippen molar-refractivity contribution >= 4 is 39.3 Å². The molecule has 1 saturated heterocycles. The Balaban J connectivity index is 1.81. The molecule has 0 bridgehead atoms. The van der Waals surface area contributed by atoms with Crippen LogP contribution >= 0.6 is 27.3 Å². The molecule has 116 valence electrons. The number of carboxylic acids is 1. The van der Waals surface area contributed by atoms with Gasteiger partial charge in [0.25, 0.3) is 0 Å². The van der Waals surface area contributed by atoms with Crippen molar-refractivity contribution in [1.82, 2.24) is 9.80 Å². The molecule has 8 heteroatoms. The summed E-state index contributed by atoms with van der Waals surface area (Å²) in [5.41, 5.74) is 0.522. The molecule has 0 unspecified atom stereocenters. The highest BCUT2D eigenvalue weighted by atomic mass is 79.9. The Morgan fingerprint density at radius 3 is 2.76 bits per heavy atom. The Morgan fingerprint density at radius 2 is 2.24 bits per heavy atom. The number of amides is 2. The van der Waals surface area contributed by atoms with Gasteiger partial charge in [-0.2, -0.15) is 0 Å². The zero-order chi connectivity index (χ0) is 15.6. The van der Waals surface area contributed by atoms with Crippen molar-refractivity contribution < 1.29 is 19.4 Å². The summed E-state index contributed by atoms with van der Waals surface area (Å²) >= 11 is 4.98. The molecule has 2 amide bonds. The Kier molecular flexibility index (Phi) is 4.90. The fourth-order valence-corrected chi connectivity index (χ4v) is 3.44. The van der Waals surface area contributed by atoms with Crippen molar-refractivity contribution in [2.24, 2.45) is 0 Å². The quantitative estimate of drug-likeness (QED) is 0.855. The van der Waals surface area contributed by atoms with Gasteiger partial charge in [0.2, 0.25) is 0 Å². The minimum Gasteiger partial charge on any atom is -0.480 e. The minimum atomic E-state index is -0.999. The molecule has 6 nitrogen and oxygen atoms in total. The molecule has 0 aromatic carbocycles. The molecule has 0 aliphatic carbocycles. The van der Waals surface area contributed by atoms with Gasteiger partial charge < -0.3 is 19.6 Å². The van der Waals surface area contributed by atoms with Crippen molar-refractivity contribution in [1.29, 1.82) is 0 Å². The van der Waals surface area contributed by atoms with Gasteiger partial charge >= 0.3 is 12.0 Å². The van der Waals surface area contributed by atoms with E-state index in [1.807, 2.05) is 18.4 Å². The van der Waals surface area contributed by atoms with Crippen molar-refractivity contribution in [2.75, 3.05) is 26.7 Å². The van der Waals surface area contributed by atoms with Crippen LogP contribution in [-0.4, -0.2) is 59.3 Å². The summed E-state index contributed by atoms with van der Waals surface area (Å²) in [6.07, 6.45) is 0. The number of hydrogen-bond acceptors (Lipinski definition) is 4. The molecule has 1 aliphatic heterocycles. The number of ether oxygens (including phenoxy) is 1. The van der Waals surface area contributed by atoms with Gasteiger partial charge in [-0.15, -0.1) is 11.3 Å². The van der Waals surface area contributed by atoms with E-state index in [4.69, 9.17) is 9.84 Å². The van der Waals surface area contributed by atoms with E-state index in [0.717, 1.165) is 9.35 Å². The Morgan fingerprint density at radius 1 is 1.57 bits per heavy atom. The molecule has 21 heavy (non-hydrogen) atoms. The first kappa shape index (κ1) is 16.3. The summed E-state index contributed by atoms with van der Waals surface area (Å²) in [5.74, 6) is -0.999. The van der Waals surface area contributed by atoms with E-state index in [9.17, 15) is 9.59 Å². The third-order valence-corrected chi connectivity index (χ3v) is 4.79. The van der Waals surface area contributed by atoms with Gasteiger partial charge in [-0.1, -0.05) is 0 Å². The van der Waals surface area contributed by atoms with Crippen LogP contribution in [-0.2, 0) is 16.1 Å². The average Bonchev–Trinajstić information content (AvgIpc) is 2.77. The van der Waals surface area contributed by atoms with Crippen molar-refractivity contribution in [3.8, 4) is 0 Å². The number of likely N-dealkylation sites (tertiary alicyclic amines) is 1. The van der Waals surface area contributed by atoms with Gasteiger partial charge in [-0.05, 0) is 39.9 Å². The standard InChI is InChI=1S/C13H17BrN2O4S/c1-13(20-5-11(17)18)7-16(8-13)12(19)15(2)4-9-3-10(14)21-6-9/h3,6H,4-5,7-8H2,1-2H3,(H,17,18). The third kappa shape index (κ3) is 4.18. The minimum absolute atomic E-state index is 0.0753. The highest BCUT2D eigenvalue weighted by Gasteiger charge is 2.43. The first-order valence-corrected chi connectivity index (χ1v) is 8.05. The predicted molar refractivity (Wildman–Crippen MR) is 82.4 cm³/mol. The van der Waals surface area contributed by atoms with Crippen LogP contribution in [0.5, 0.6) is 0 Å². The number of thiophene rings is 1. The molecule has 1 N–H and O–H groups in total. The lowest BCUT2D eigenvalue weighted by Crippen LogP contribution is -2.65. The third-order valence-electron chi connectivity index (χ3n) is 3.23. The van der Waals surface area contributed by atoms with E-state index in [0.29, 0.717) is 19.6 Å². The highest BCUT2D eigenvalue weighted by molar-refractivity contribution is 9.11. The smallest absolute Gasteiger partial charge is 0.329 e. The number of rotatable bonds is 5. The molecular weight excluding hydrogens is 360 g/mol. The first-order chi connectivity index (χ1) is 9.79. The van der Waals surface area contributed by atoms with Crippen LogP contribution in [0.2, 0.25) is 0 Å². The summed E-state index contributed by atoms with van der Waals surface area (Å²) in [6.45, 7) is 2.85. The molecule has 0 saturated carbocycles. The molecule has 1 aliphatic rings. The molecule has 0 atom stereocenters. The topological polar surface area (TPSA) is 70.1 Å². The van der Waals surface area contributed by atoms with Crippen LogP contribution in [0, 0.1) is 0 Å². The van der Waals surface area contributed by atoms with Crippen LogP contribution in [0.15, 0.2) is 15.2 Å². The number of carbonyl (C=O) groups is 2. The zero-order valence-corrected chi connectivity index (χ0v) is 14.2. The van der Waals surface area contributed by atoms with Gasteiger partial charge in [-0.3, -0.25) is 0 Å². The zero-order valence-electron chi connectivity index (χ0n) is 11.8.